The first-order valence-electron chi connectivity index (χ1n) is 11.9. The average molecular weight is 479 g/mol. The number of hydrogen-bond donors (Lipinski definition) is 1. The topological polar surface area (TPSA) is 49.4 Å². The van der Waals surface area contributed by atoms with Crippen molar-refractivity contribution in [1.29, 1.82) is 0 Å². The van der Waals surface area contributed by atoms with Gasteiger partial charge in [-0.2, -0.15) is 11.3 Å². The van der Waals surface area contributed by atoms with Crippen molar-refractivity contribution in [2.45, 2.75) is 64.1 Å². The van der Waals surface area contributed by atoms with Crippen molar-refractivity contribution in [2.24, 2.45) is 0 Å². The van der Waals surface area contributed by atoms with Gasteiger partial charge in [-0.15, -0.1) is 0 Å². The van der Waals surface area contributed by atoms with E-state index in [4.69, 9.17) is 0 Å². The maximum absolute atomic E-state index is 13.7. The maximum Gasteiger partial charge on any atom is 0.247 e. The van der Waals surface area contributed by atoms with Crippen LogP contribution in [0.1, 0.15) is 60.4 Å². The molecule has 1 fully saturated rings. The number of nitrogens with one attached hydrogen (secondary N) is 1. The van der Waals surface area contributed by atoms with Crippen molar-refractivity contribution in [3.8, 4) is 0 Å². The van der Waals surface area contributed by atoms with Gasteiger partial charge in [-0.25, -0.2) is 4.39 Å². The summed E-state index contributed by atoms with van der Waals surface area (Å²) in [6, 6.07) is 15.1. The third kappa shape index (κ3) is 6.32. The quantitative estimate of drug-likeness (QED) is 0.434. The van der Waals surface area contributed by atoms with Crippen LogP contribution in [0.5, 0.6) is 0 Å². The van der Waals surface area contributed by atoms with Gasteiger partial charge in [0.05, 0.1) is 6.42 Å². The molecule has 6 heteroatoms. The maximum atomic E-state index is 13.7. The third-order valence-corrected chi connectivity index (χ3v) is 7.16. The minimum absolute atomic E-state index is 0.109. The molecule has 1 aliphatic rings. The Hall–Kier alpha value is -2.99. The van der Waals surface area contributed by atoms with Gasteiger partial charge in [-0.3, -0.25) is 9.59 Å². The van der Waals surface area contributed by atoms with Gasteiger partial charge in [0, 0.05) is 12.6 Å². The standard InChI is InChI=1S/C28H31FN2O2S/c1-20-7-9-21(10-8-20)18-31(26(32)17-22-15-16-34-19-22)27(23-11-13-24(29)14-12-23)28(33)30-25-5-3-2-4-6-25/h7-16,19,25,27H,2-6,17-18H2,1H3,(H,30,33). The number of halogens is 1. The van der Waals surface area contributed by atoms with E-state index in [0.29, 0.717) is 12.1 Å². The second kappa shape index (κ2) is 11.4. The van der Waals surface area contributed by atoms with Gasteiger partial charge in [0.15, 0.2) is 0 Å². The fraction of sp³-hybridized carbons (Fsp3) is 0.357. The SMILES string of the molecule is Cc1ccc(CN(C(=O)Cc2ccsc2)C(C(=O)NC2CCCCC2)c2ccc(F)cc2)cc1. The Morgan fingerprint density at radius 3 is 2.35 bits per heavy atom. The minimum Gasteiger partial charge on any atom is -0.351 e. The van der Waals surface area contributed by atoms with Crippen molar-refractivity contribution in [3.63, 3.8) is 0 Å². The number of nitrogens with zero attached hydrogens (tertiary/aromatic N) is 1. The molecule has 34 heavy (non-hydrogen) atoms. The number of thiophene rings is 1. The average Bonchev–Trinajstić information content (AvgIpc) is 3.35. The number of hydrogen-bond acceptors (Lipinski definition) is 3. The summed E-state index contributed by atoms with van der Waals surface area (Å²) < 4.78 is 13.7. The molecule has 0 radical (unpaired) electrons. The van der Waals surface area contributed by atoms with Gasteiger partial charge in [0.25, 0.3) is 0 Å². The summed E-state index contributed by atoms with van der Waals surface area (Å²) in [4.78, 5) is 29.0. The molecule has 0 aliphatic heterocycles. The molecule has 3 aromatic rings. The lowest BCUT2D eigenvalue weighted by Crippen LogP contribution is -2.47. The molecule has 4 nitrogen and oxygen atoms in total. The van der Waals surface area contributed by atoms with E-state index in [1.165, 1.54) is 18.6 Å². The number of benzene rings is 2. The van der Waals surface area contributed by atoms with E-state index in [1.54, 1.807) is 28.4 Å². The van der Waals surface area contributed by atoms with Gasteiger partial charge in [0.1, 0.15) is 11.9 Å². The van der Waals surface area contributed by atoms with Crippen LogP contribution in [-0.4, -0.2) is 22.8 Å². The highest BCUT2D eigenvalue weighted by molar-refractivity contribution is 7.08. The van der Waals surface area contributed by atoms with Crippen LogP contribution in [-0.2, 0) is 22.6 Å². The summed E-state index contributed by atoms with van der Waals surface area (Å²) >= 11 is 1.54. The molecule has 1 aliphatic carbocycles. The first kappa shape index (κ1) is 24.1. The van der Waals surface area contributed by atoms with Crippen molar-refractivity contribution in [3.05, 3.63) is 93.4 Å². The lowest BCUT2D eigenvalue weighted by Gasteiger charge is -2.33. The predicted octanol–water partition coefficient (Wildman–Crippen LogP) is 5.96. The predicted molar refractivity (Wildman–Crippen MR) is 134 cm³/mol. The van der Waals surface area contributed by atoms with Crippen molar-refractivity contribution >= 4 is 23.2 Å². The Morgan fingerprint density at radius 1 is 1.00 bits per heavy atom. The van der Waals surface area contributed by atoms with Crippen LogP contribution in [0.2, 0.25) is 0 Å². The van der Waals surface area contributed by atoms with Crippen LogP contribution >= 0.6 is 11.3 Å². The van der Waals surface area contributed by atoms with Crippen LogP contribution in [0.3, 0.4) is 0 Å². The molecule has 1 unspecified atom stereocenters. The van der Waals surface area contributed by atoms with Crippen molar-refractivity contribution in [2.75, 3.05) is 0 Å². The summed E-state index contributed by atoms with van der Waals surface area (Å²) in [6.07, 6.45) is 5.48. The molecule has 0 bridgehead atoms. The smallest absolute Gasteiger partial charge is 0.247 e. The summed E-state index contributed by atoms with van der Waals surface area (Å²) in [5.41, 5.74) is 3.61. The van der Waals surface area contributed by atoms with E-state index in [1.807, 2.05) is 48.0 Å². The number of amides is 2. The summed E-state index contributed by atoms with van der Waals surface area (Å²) in [7, 11) is 0. The third-order valence-electron chi connectivity index (χ3n) is 6.43. The van der Waals surface area contributed by atoms with Crippen LogP contribution in [0, 0.1) is 12.7 Å². The molecule has 2 amide bonds. The Balaban J connectivity index is 1.68. The van der Waals surface area contributed by atoms with E-state index in [-0.39, 0.29) is 30.1 Å². The normalized spacial score (nSPS) is 15.0. The molecule has 1 heterocycles. The number of carbonyl (C=O) groups excluding carboxylic acids is 2. The lowest BCUT2D eigenvalue weighted by atomic mass is 9.94. The van der Waals surface area contributed by atoms with Gasteiger partial charge >= 0.3 is 0 Å². The first-order chi connectivity index (χ1) is 16.5. The Labute approximate surface area is 204 Å². The van der Waals surface area contributed by atoms with Crippen molar-refractivity contribution in [1.82, 2.24) is 10.2 Å². The van der Waals surface area contributed by atoms with Crippen molar-refractivity contribution < 1.29 is 14.0 Å². The lowest BCUT2D eigenvalue weighted by molar-refractivity contribution is -0.141. The number of carbonyl (C=O) groups is 2. The van der Waals surface area contributed by atoms with E-state index in [0.717, 1.165) is 42.4 Å². The summed E-state index contributed by atoms with van der Waals surface area (Å²) in [5.74, 6) is -0.707. The fourth-order valence-electron chi connectivity index (χ4n) is 4.53. The second-order valence-corrected chi connectivity index (χ2v) is 9.89. The molecule has 1 aromatic heterocycles. The zero-order valence-corrected chi connectivity index (χ0v) is 20.3. The fourth-order valence-corrected chi connectivity index (χ4v) is 5.20. The van der Waals surface area contributed by atoms with E-state index >= 15 is 0 Å². The molecule has 2 aromatic carbocycles. The summed E-state index contributed by atoms with van der Waals surface area (Å²) in [5, 5.41) is 7.10. The van der Waals surface area contributed by atoms with Gasteiger partial charge < -0.3 is 10.2 Å². The number of aryl methyl sites for hydroxylation is 1. The van der Waals surface area contributed by atoms with Gasteiger partial charge in [0.2, 0.25) is 11.8 Å². The van der Waals surface area contributed by atoms with Crippen LogP contribution < -0.4 is 5.32 Å². The highest BCUT2D eigenvalue weighted by atomic mass is 32.1. The molecule has 1 N–H and O–H groups in total. The van der Waals surface area contributed by atoms with Crippen LogP contribution in [0.4, 0.5) is 4.39 Å². The molecule has 178 valence electrons. The zero-order chi connectivity index (χ0) is 23.9. The van der Waals surface area contributed by atoms with Crippen LogP contribution in [0.15, 0.2) is 65.4 Å². The molecule has 1 atom stereocenters. The highest BCUT2D eigenvalue weighted by Crippen LogP contribution is 2.27. The zero-order valence-electron chi connectivity index (χ0n) is 19.5. The second-order valence-electron chi connectivity index (χ2n) is 9.11. The molecule has 1 saturated carbocycles. The molecule has 0 saturated heterocycles. The molecule has 4 rings (SSSR count). The van der Waals surface area contributed by atoms with Gasteiger partial charge in [-0.1, -0.05) is 61.2 Å². The van der Waals surface area contributed by atoms with E-state index in [2.05, 4.69) is 5.32 Å². The van der Waals surface area contributed by atoms with Gasteiger partial charge in [-0.05, 0) is 65.4 Å². The Kier molecular flexibility index (Phi) is 8.12. The van der Waals surface area contributed by atoms with Crippen LogP contribution in [0.25, 0.3) is 0 Å². The molecular formula is C28H31FN2O2S. The monoisotopic (exact) mass is 478 g/mol. The van der Waals surface area contributed by atoms with E-state index in [9.17, 15) is 14.0 Å². The van der Waals surface area contributed by atoms with E-state index < -0.39 is 6.04 Å². The Bertz CT molecular complexity index is 1070. The Morgan fingerprint density at radius 2 is 1.71 bits per heavy atom. The minimum atomic E-state index is -0.838. The first-order valence-corrected chi connectivity index (χ1v) is 12.9. The largest absolute Gasteiger partial charge is 0.351 e. The summed E-state index contributed by atoms with van der Waals surface area (Å²) in [6.45, 7) is 2.31. The highest BCUT2D eigenvalue weighted by Gasteiger charge is 2.33. The number of rotatable bonds is 8. The molecule has 0 spiro atoms. The molecular weight excluding hydrogens is 447 g/mol.